The molecule has 0 atom stereocenters. The molecular formula is C9H5ClF3N3. The summed E-state index contributed by atoms with van der Waals surface area (Å²) >= 11 is 5.71. The van der Waals surface area contributed by atoms with E-state index >= 15 is 0 Å². The Morgan fingerprint density at radius 1 is 1.25 bits per heavy atom. The van der Waals surface area contributed by atoms with Crippen LogP contribution in [0.3, 0.4) is 0 Å². The first-order valence-corrected chi connectivity index (χ1v) is 4.60. The number of hydrogen-bond donors (Lipinski definition) is 0. The summed E-state index contributed by atoms with van der Waals surface area (Å²) in [7, 11) is 0. The second-order valence-corrected chi connectivity index (χ2v) is 3.46. The lowest BCUT2D eigenvalue weighted by Crippen LogP contribution is -2.04. The molecule has 3 nitrogen and oxygen atoms in total. The van der Waals surface area contributed by atoms with Crippen molar-refractivity contribution in [2.45, 2.75) is 6.18 Å². The molecule has 0 spiro atoms. The molecule has 2 rings (SSSR count). The average Bonchev–Trinajstić information content (AvgIpc) is 2.65. The second-order valence-electron chi connectivity index (χ2n) is 3.03. The van der Waals surface area contributed by atoms with E-state index < -0.39 is 11.9 Å². The number of hydrogen-bond acceptors (Lipinski definition) is 2. The Hall–Kier alpha value is -1.56. The van der Waals surface area contributed by atoms with Crippen LogP contribution in [0, 0.1) is 0 Å². The van der Waals surface area contributed by atoms with E-state index in [0.29, 0.717) is 10.7 Å². The van der Waals surface area contributed by atoms with Gasteiger partial charge in [0.05, 0.1) is 11.9 Å². The highest BCUT2D eigenvalue weighted by Crippen LogP contribution is 2.27. The van der Waals surface area contributed by atoms with Gasteiger partial charge in [-0.25, -0.2) is 4.68 Å². The van der Waals surface area contributed by atoms with Crippen molar-refractivity contribution < 1.29 is 13.2 Å². The summed E-state index contributed by atoms with van der Waals surface area (Å²) in [5, 5.41) is 6.84. The molecule has 1 aromatic heterocycles. The number of rotatable bonds is 1. The predicted octanol–water partition coefficient (Wildman–Crippen LogP) is 2.94. The molecule has 0 bridgehead atoms. The lowest BCUT2D eigenvalue weighted by atomic mass is 10.3. The van der Waals surface area contributed by atoms with E-state index in [2.05, 4.69) is 10.3 Å². The van der Waals surface area contributed by atoms with E-state index in [4.69, 9.17) is 11.6 Å². The highest BCUT2D eigenvalue weighted by molar-refractivity contribution is 6.30. The molecule has 0 amide bonds. The molecule has 0 unspecified atom stereocenters. The van der Waals surface area contributed by atoms with Crippen LogP contribution in [0.2, 0.25) is 5.02 Å². The van der Waals surface area contributed by atoms with Crippen molar-refractivity contribution >= 4 is 11.6 Å². The fraction of sp³-hybridized carbons (Fsp3) is 0.111. The predicted molar refractivity (Wildman–Crippen MR) is 51.4 cm³/mol. The van der Waals surface area contributed by atoms with Gasteiger partial charge in [-0.05, 0) is 18.2 Å². The van der Waals surface area contributed by atoms with Gasteiger partial charge in [-0.3, -0.25) is 0 Å². The zero-order chi connectivity index (χ0) is 11.8. The first kappa shape index (κ1) is 10.9. The van der Waals surface area contributed by atoms with Crippen LogP contribution in [-0.2, 0) is 6.18 Å². The van der Waals surface area contributed by atoms with Crippen molar-refractivity contribution in [2.75, 3.05) is 0 Å². The molecule has 1 heterocycles. The maximum Gasteiger partial charge on any atom is 0.436 e. The molecule has 0 aliphatic heterocycles. The molecule has 0 aliphatic rings. The van der Waals surface area contributed by atoms with E-state index in [0.717, 1.165) is 10.9 Å². The fourth-order valence-corrected chi connectivity index (χ4v) is 1.32. The quantitative estimate of drug-likeness (QED) is 0.776. The van der Waals surface area contributed by atoms with Crippen LogP contribution < -0.4 is 0 Å². The monoisotopic (exact) mass is 247 g/mol. The summed E-state index contributed by atoms with van der Waals surface area (Å²) in [4.78, 5) is 0. The normalized spacial score (nSPS) is 11.8. The zero-order valence-corrected chi connectivity index (χ0v) is 8.50. The van der Waals surface area contributed by atoms with Gasteiger partial charge in [0, 0.05) is 5.02 Å². The molecule has 0 radical (unpaired) electrons. The fourth-order valence-electron chi connectivity index (χ4n) is 1.14. The van der Waals surface area contributed by atoms with Crippen LogP contribution in [0.5, 0.6) is 0 Å². The van der Waals surface area contributed by atoms with Crippen LogP contribution in [0.4, 0.5) is 13.2 Å². The van der Waals surface area contributed by atoms with Crippen LogP contribution >= 0.6 is 11.6 Å². The lowest BCUT2D eigenvalue weighted by Gasteiger charge is -2.00. The van der Waals surface area contributed by atoms with E-state index in [1.807, 2.05) is 0 Å². The van der Waals surface area contributed by atoms with Crippen LogP contribution in [0.25, 0.3) is 5.69 Å². The van der Waals surface area contributed by atoms with E-state index in [1.54, 1.807) is 18.2 Å². The molecule has 0 saturated carbocycles. The first-order chi connectivity index (χ1) is 7.47. The topological polar surface area (TPSA) is 30.7 Å². The first-order valence-electron chi connectivity index (χ1n) is 4.22. The highest BCUT2D eigenvalue weighted by atomic mass is 35.5. The van der Waals surface area contributed by atoms with Crippen molar-refractivity contribution in [2.24, 2.45) is 0 Å². The Kier molecular flexibility index (Phi) is 2.59. The van der Waals surface area contributed by atoms with Gasteiger partial charge < -0.3 is 0 Å². The molecular weight excluding hydrogens is 243 g/mol. The summed E-state index contributed by atoms with van der Waals surface area (Å²) in [6.45, 7) is 0. The Morgan fingerprint density at radius 2 is 2.00 bits per heavy atom. The van der Waals surface area contributed by atoms with Gasteiger partial charge in [-0.15, -0.1) is 5.10 Å². The van der Waals surface area contributed by atoms with Gasteiger partial charge in [0.1, 0.15) is 0 Å². The van der Waals surface area contributed by atoms with Gasteiger partial charge in [0.25, 0.3) is 0 Å². The third kappa shape index (κ3) is 2.16. The molecule has 0 aliphatic carbocycles. The molecule has 2 aromatic rings. The van der Waals surface area contributed by atoms with Crippen LogP contribution in [0.15, 0.2) is 30.5 Å². The summed E-state index contributed by atoms with van der Waals surface area (Å²) in [6, 6.07) is 6.32. The van der Waals surface area contributed by atoms with E-state index in [9.17, 15) is 13.2 Å². The van der Waals surface area contributed by atoms with Crippen molar-refractivity contribution in [3.8, 4) is 5.69 Å². The lowest BCUT2D eigenvalue weighted by molar-refractivity contribution is -0.141. The molecule has 0 saturated heterocycles. The summed E-state index contributed by atoms with van der Waals surface area (Å²) < 4.78 is 37.8. The minimum atomic E-state index is -4.49. The van der Waals surface area contributed by atoms with Gasteiger partial charge in [0.2, 0.25) is 0 Å². The van der Waals surface area contributed by atoms with Crippen molar-refractivity contribution in [1.29, 1.82) is 0 Å². The number of benzene rings is 1. The Morgan fingerprint density at radius 3 is 2.56 bits per heavy atom. The second kappa shape index (κ2) is 3.79. The maximum absolute atomic E-state index is 12.3. The van der Waals surface area contributed by atoms with Crippen molar-refractivity contribution in [3.63, 3.8) is 0 Å². The molecule has 84 valence electrons. The smallest absolute Gasteiger partial charge is 0.220 e. The van der Waals surface area contributed by atoms with Gasteiger partial charge in [0.15, 0.2) is 5.69 Å². The number of nitrogens with zero attached hydrogens (tertiary/aromatic N) is 3. The summed E-state index contributed by atoms with van der Waals surface area (Å²) in [6.07, 6.45) is -3.68. The minimum Gasteiger partial charge on any atom is -0.220 e. The average molecular weight is 248 g/mol. The highest BCUT2D eigenvalue weighted by Gasteiger charge is 2.34. The number of aromatic nitrogens is 3. The summed E-state index contributed by atoms with van der Waals surface area (Å²) in [5.41, 5.74) is -0.608. The van der Waals surface area contributed by atoms with Crippen molar-refractivity contribution in [3.05, 3.63) is 41.2 Å². The third-order valence-corrected chi connectivity index (χ3v) is 2.09. The molecule has 0 N–H and O–H groups in total. The van der Waals surface area contributed by atoms with E-state index in [1.165, 1.54) is 6.07 Å². The SMILES string of the molecule is FC(F)(F)c1cn(-c2cccc(Cl)c2)nn1. The van der Waals surface area contributed by atoms with Gasteiger partial charge in [-0.2, -0.15) is 13.2 Å². The largest absolute Gasteiger partial charge is 0.436 e. The number of halogens is 4. The Bertz CT molecular complexity index is 507. The Balaban J connectivity index is 2.39. The maximum atomic E-state index is 12.3. The minimum absolute atomic E-state index is 0.418. The van der Waals surface area contributed by atoms with Crippen LogP contribution in [0.1, 0.15) is 5.69 Å². The third-order valence-electron chi connectivity index (χ3n) is 1.86. The number of alkyl halides is 3. The van der Waals surface area contributed by atoms with Gasteiger partial charge >= 0.3 is 6.18 Å². The van der Waals surface area contributed by atoms with E-state index in [-0.39, 0.29) is 0 Å². The molecule has 1 aromatic carbocycles. The standard InChI is InChI=1S/C9H5ClF3N3/c10-6-2-1-3-7(4-6)16-5-8(14-15-16)9(11,12)13/h1-5H. The molecule has 16 heavy (non-hydrogen) atoms. The molecule has 0 fully saturated rings. The van der Waals surface area contributed by atoms with Crippen LogP contribution in [-0.4, -0.2) is 15.0 Å². The Labute approximate surface area is 93.4 Å². The molecule has 7 heteroatoms. The van der Waals surface area contributed by atoms with Crippen molar-refractivity contribution in [1.82, 2.24) is 15.0 Å². The summed E-state index contributed by atoms with van der Waals surface area (Å²) in [5.74, 6) is 0. The zero-order valence-electron chi connectivity index (χ0n) is 7.74. The van der Waals surface area contributed by atoms with Gasteiger partial charge in [-0.1, -0.05) is 22.9 Å².